The number of thiol groups is 1. The van der Waals surface area contributed by atoms with Gasteiger partial charge in [0.15, 0.2) is 0 Å². The van der Waals surface area contributed by atoms with E-state index in [9.17, 15) is 5.11 Å². The van der Waals surface area contributed by atoms with Crippen LogP contribution in [0.5, 0.6) is 0 Å². The molecule has 0 aliphatic rings. The van der Waals surface area contributed by atoms with Gasteiger partial charge in [0.05, 0.1) is 4.20 Å². The summed E-state index contributed by atoms with van der Waals surface area (Å²) in [4.78, 5) is 0. The van der Waals surface area contributed by atoms with E-state index in [1.165, 1.54) is 0 Å². The summed E-state index contributed by atoms with van der Waals surface area (Å²) in [7, 11) is 0. The maximum Gasteiger partial charge on any atom is 0.122 e. The molecule has 0 amide bonds. The van der Waals surface area contributed by atoms with E-state index in [2.05, 4.69) is 12.6 Å². The fraction of sp³-hybridized carbons (Fsp3) is 0.188. The minimum Gasteiger partial charge on any atom is -0.380 e. The Morgan fingerprint density at radius 3 is 1.68 bits per heavy atom. The average Bonchev–Trinajstić information content (AvgIpc) is 2.47. The molecule has 2 aromatic rings. The highest BCUT2D eigenvalue weighted by atomic mass is 32.1. The zero-order valence-corrected chi connectivity index (χ0v) is 12.4. The van der Waals surface area contributed by atoms with Crippen molar-refractivity contribution in [3.8, 4) is 0 Å². The third kappa shape index (κ3) is 2.73. The lowest BCUT2D eigenvalue weighted by Gasteiger charge is -2.34. The van der Waals surface area contributed by atoms with Gasteiger partial charge >= 0.3 is 0 Å². The maximum atomic E-state index is 11.3. The number of thiocarbonyl (C=S) groups is 1. The molecule has 0 unspecified atom stereocenters. The van der Waals surface area contributed by atoms with E-state index in [-0.39, 0.29) is 5.92 Å². The molecule has 0 saturated carbocycles. The quantitative estimate of drug-likeness (QED) is 0.659. The average molecular weight is 288 g/mol. The number of benzene rings is 2. The molecule has 1 nitrogen and oxygen atoms in total. The van der Waals surface area contributed by atoms with Crippen molar-refractivity contribution in [3.05, 3.63) is 71.8 Å². The summed E-state index contributed by atoms with van der Waals surface area (Å²) < 4.78 is 0.496. The third-order valence-electron chi connectivity index (χ3n) is 3.42. The molecule has 0 spiro atoms. The summed E-state index contributed by atoms with van der Waals surface area (Å²) in [6.45, 7) is 1.90. The Hall–Kier alpha value is -1.16. The van der Waals surface area contributed by atoms with Crippen LogP contribution in [-0.2, 0) is 5.60 Å². The second-order valence-corrected chi connectivity index (χ2v) is 5.78. The Balaban J connectivity index is 2.61. The Kier molecular flexibility index (Phi) is 4.40. The molecule has 1 N–H and O–H groups in total. The first kappa shape index (κ1) is 14.3. The smallest absolute Gasteiger partial charge is 0.122 e. The summed E-state index contributed by atoms with van der Waals surface area (Å²) in [5.41, 5.74) is 0.497. The summed E-state index contributed by atoms with van der Waals surface area (Å²) in [5, 5.41) is 11.3. The van der Waals surface area contributed by atoms with Crippen LogP contribution in [0.15, 0.2) is 60.7 Å². The number of hydrogen-bond acceptors (Lipinski definition) is 2. The van der Waals surface area contributed by atoms with Crippen molar-refractivity contribution in [2.75, 3.05) is 0 Å². The topological polar surface area (TPSA) is 20.2 Å². The van der Waals surface area contributed by atoms with Crippen LogP contribution in [0.2, 0.25) is 0 Å². The van der Waals surface area contributed by atoms with Gasteiger partial charge in [-0.05, 0) is 11.1 Å². The van der Waals surface area contributed by atoms with Crippen molar-refractivity contribution in [2.24, 2.45) is 5.92 Å². The second kappa shape index (κ2) is 5.87. The van der Waals surface area contributed by atoms with Crippen molar-refractivity contribution in [1.82, 2.24) is 0 Å². The maximum absolute atomic E-state index is 11.3. The van der Waals surface area contributed by atoms with Crippen molar-refractivity contribution in [3.63, 3.8) is 0 Å². The van der Waals surface area contributed by atoms with Crippen LogP contribution in [0.4, 0.5) is 0 Å². The Morgan fingerprint density at radius 1 is 1.00 bits per heavy atom. The largest absolute Gasteiger partial charge is 0.380 e. The van der Waals surface area contributed by atoms with E-state index in [1.807, 2.05) is 67.6 Å². The first-order valence-corrected chi connectivity index (χ1v) is 6.98. The van der Waals surface area contributed by atoms with Gasteiger partial charge in [0.2, 0.25) is 0 Å². The van der Waals surface area contributed by atoms with Gasteiger partial charge in [0.25, 0.3) is 0 Å². The lowest BCUT2D eigenvalue weighted by Crippen LogP contribution is -2.37. The van der Waals surface area contributed by atoms with Crippen LogP contribution in [0, 0.1) is 5.92 Å². The zero-order chi connectivity index (χ0) is 13.9. The molecule has 0 bridgehead atoms. The van der Waals surface area contributed by atoms with E-state index in [1.54, 1.807) is 0 Å². The molecule has 2 rings (SSSR count). The Morgan fingerprint density at radius 2 is 1.37 bits per heavy atom. The van der Waals surface area contributed by atoms with Crippen LogP contribution in [0.1, 0.15) is 18.1 Å². The third-order valence-corrected chi connectivity index (χ3v) is 4.17. The van der Waals surface area contributed by atoms with Crippen LogP contribution < -0.4 is 0 Å². The molecular formula is C16H16OS2. The fourth-order valence-electron chi connectivity index (χ4n) is 2.23. The van der Waals surface area contributed by atoms with Gasteiger partial charge in [-0.15, -0.1) is 12.6 Å². The second-order valence-electron chi connectivity index (χ2n) is 4.56. The van der Waals surface area contributed by atoms with Crippen molar-refractivity contribution in [1.29, 1.82) is 0 Å². The van der Waals surface area contributed by atoms with E-state index in [4.69, 9.17) is 12.2 Å². The molecule has 0 aliphatic carbocycles. The molecule has 0 aliphatic heterocycles. The molecule has 19 heavy (non-hydrogen) atoms. The van der Waals surface area contributed by atoms with Gasteiger partial charge in [-0.1, -0.05) is 79.8 Å². The van der Waals surface area contributed by atoms with Gasteiger partial charge in [-0.2, -0.15) is 0 Å². The molecule has 0 heterocycles. The monoisotopic (exact) mass is 288 g/mol. The van der Waals surface area contributed by atoms with Gasteiger partial charge in [0, 0.05) is 5.92 Å². The molecule has 98 valence electrons. The van der Waals surface area contributed by atoms with Gasteiger partial charge < -0.3 is 5.11 Å². The first-order valence-electron chi connectivity index (χ1n) is 6.13. The predicted molar refractivity (Wildman–Crippen MR) is 86.6 cm³/mol. The van der Waals surface area contributed by atoms with E-state index in [0.717, 1.165) is 11.1 Å². The summed E-state index contributed by atoms with van der Waals surface area (Å²) in [6, 6.07) is 19.2. The molecule has 1 atom stereocenters. The van der Waals surface area contributed by atoms with Crippen LogP contribution in [0.25, 0.3) is 0 Å². The standard InChI is InChI=1S/C16H16OS2/c1-12(15(18)19)16(17,13-8-4-2-5-9-13)14-10-6-3-7-11-14/h2-12,17H,1H3,(H,18,19)/t12-/m1/s1. The van der Waals surface area contributed by atoms with E-state index >= 15 is 0 Å². The lowest BCUT2D eigenvalue weighted by molar-refractivity contribution is 0.0528. The van der Waals surface area contributed by atoms with Crippen LogP contribution >= 0.6 is 24.8 Å². The lowest BCUT2D eigenvalue weighted by atomic mass is 9.77. The summed E-state index contributed by atoms with van der Waals surface area (Å²) >= 11 is 9.43. The Bertz CT molecular complexity index is 512. The SMILES string of the molecule is C[C@H](C(=S)S)C(O)(c1ccccc1)c1ccccc1. The minimum atomic E-state index is -1.15. The van der Waals surface area contributed by atoms with E-state index < -0.39 is 5.60 Å². The van der Waals surface area contributed by atoms with E-state index in [0.29, 0.717) is 4.20 Å². The highest BCUT2D eigenvalue weighted by Crippen LogP contribution is 2.38. The first-order chi connectivity index (χ1) is 9.06. The summed E-state index contributed by atoms with van der Waals surface area (Å²) in [6.07, 6.45) is 0. The molecule has 0 radical (unpaired) electrons. The normalized spacial score (nSPS) is 13.0. The van der Waals surface area contributed by atoms with Crippen molar-refractivity contribution in [2.45, 2.75) is 12.5 Å². The number of aliphatic hydroxyl groups is 1. The zero-order valence-electron chi connectivity index (χ0n) is 10.7. The molecule has 0 fully saturated rings. The minimum absolute atomic E-state index is 0.268. The predicted octanol–water partition coefficient (Wildman–Crippen LogP) is 3.82. The van der Waals surface area contributed by atoms with Gasteiger partial charge in [-0.3, -0.25) is 0 Å². The molecular weight excluding hydrogens is 272 g/mol. The fourth-order valence-corrected chi connectivity index (χ4v) is 2.59. The molecule has 2 aromatic carbocycles. The molecule has 0 aromatic heterocycles. The summed E-state index contributed by atoms with van der Waals surface area (Å²) in [5.74, 6) is -0.268. The van der Waals surface area contributed by atoms with Gasteiger partial charge in [-0.25, -0.2) is 0 Å². The molecule has 3 heteroatoms. The van der Waals surface area contributed by atoms with Crippen LogP contribution in [0.3, 0.4) is 0 Å². The number of rotatable bonds is 4. The van der Waals surface area contributed by atoms with Crippen LogP contribution in [-0.4, -0.2) is 9.30 Å². The van der Waals surface area contributed by atoms with Crippen molar-refractivity contribution >= 4 is 29.0 Å². The highest BCUT2D eigenvalue weighted by Gasteiger charge is 2.38. The van der Waals surface area contributed by atoms with Gasteiger partial charge in [0.1, 0.15) is 5.60 Å². The van der Waals surface area contributed by atoms with Crippen molar-refractivity contribution < 1.29 is 5.11 Å². The highest BCUT2D eigenvalue weighted by molar-refractivity contribution is 8.11. The number of hydrogen-bond donors (Lipinski definition) is 2. The Labute approximate surface area is 124 Å². The molecule has 0 saturated heterocycles.